The van der Waals surface area contributed by atoms with E-state index in [0.29, 0.717) is 26.1 Å². The Labute approximate surface area is 109 Å². The molecule has 5 heteroatoms. The summed E-state index contributed by atoms with van der Waals surface area (Å²) in [5.41, 5.74) is -0.775. The Balaban J connectivity index is 2.75. The second-order valence-electron chi connectivity index (χ2n) is 5.49. The SMILES string of the molecule is CCCN(C)C(=O)N1CCC(C(=O)O)(C(C)C)C1. The molecule has 1 unspecified atom stereocenters. The molecule has 0 radical (unpaired) electrons. The van der Waals surface area contributed by atoms with Crippen molar-refractivity contribution in [3.63, 3.8) is 0 Å². The number of carboxylic acid groups (broad SMARTS) is 1. The van der Waals surface area contributed by atoms with Crippen molar-refractivity contribution >= 4 is 12.0 Å². The fourth-order valence-electron chi connectivity index (χ4n) is 2.56. The highest BCUT2D eigenvalue weighted by molar-refractivity contribution is 5.80. The molecule has 1 fully saturated rings. The molecular weight excluding hydrogens is 232 g/mol. The van der Waals surface area contributed by atoms with Gasteiger partial charge in [0.05, 0.1) is 5.41 Å². The number of urea groups is 1. The standard InChI is InChI=1S/C13H24N2O3/c1-5-7-14(4)12(18)15-8-6-13(9-15,10(2)3)11(16)17/h10H,5-9H2,1-4H3,(H,16,17). The molecule has 18 heavy (non-hydrogen) atoms. The van der Waals surface area contributed by atoms with Gasteiger partial charge in [0.2, 0.25) is 0 Å². The van der Waals surface area contributed by atoms with E-state index in [-0.39, 0.29) is 11.9 Å². The van der Waals surface area contributed by atoms with Crippen molar-refractivity contribution in [1.82, 2.24) is 9.80 Å². The molecule has 0 saturated carbocycles. The van der Waals surface area contributed by atoms with E-state index >= 15 is 0 Å². The van der Waals surface area contributed by atoms with Gasteiger partial charge < -0.3 is 14.9 Å². The molecule has 5 nitrogen and oxygen atoms in total. The van der Waals surface area contributed by atoms with Crippen LogP contribution in [0.15, 0.2) is 0 Å². The molecule has 1 aliphatic rings. The molecular formula is C13H24N2O3. The summed E-state index contributed by atoms with van der Waals surface area (Å²) in [5.74, 6) is -0.754. The molecule has 1 aliphatic heterocycles. The molecule has 1 rings (SSSR count). The van der Waals surface area contributed by atoms with Gasteiger partial charge in [-0.25, -0.2) is 4.79 Å². The molecule has 1 N–H and O–H groups in total. The van der Waals surface area contributed by atoms with Gasteiger partial charge in [-0.2, -0.15) is 0 Å². The summed E-state index contributed by atoms with van der Waals surface area (Å²) in [6, 6.07) is -0.0550. The topological polar surface area (TPSA) is 60.9 Å². The highest BCUT2D eigenvalue weighted by atomic mass is 16.4. The zero-order valence-corrected chi connectivity index (χ0v) is 11.8. The molecule has 1 atom stereocenters. The number of carboxylic acids is 1. The number of likely N-dealkylation sites (tertiary alicyclic amines) is 1. The summed E-state index contributed by atoms with van der Waals surface area (Å²) in [5, 5.41) is 9.42. The molecule has 0 aromatic rings. The van der Waals surface area contributed by atoms with Gasteiger partial charge in [0, 0.05) is 26.7 Å². The number of hydrogen-bond acceptors (Lipinski definition) is 2. The second-order valence-corrected chi connectivity index (χ2v) is 5.49. The van der Waals surface area contributed by atoms with E-state index in [0.717, 1.165) is 6.42 Å². The van der Waals surface area contributed by atoms with Gasteiger partial charge in [0.15, 0.2) is 0 Å². The van der Waals surface area contributed by atoms with Crippen LogP contribution >= 0.6 is 0 Å². The highest BCUT2D eigenvalue weighted by Crippen LogP contribution is 2.38. The number of hydrogen-bond donors (Lipinski definition) is 1. The zero-order chi connectivity index (χ0) is 13.9. The largest absolute Gasteiger partial charge is 0.481 e. The van der Waals surface area contributed by atoms with Gasteiger partial charge >= 0.3 is 12.0 Å². The predicted octanol–water partition coefficient (Wildman–Crippen LogP) is 1.88. The van der Waals surface area contributed by atoms with Crippen LogP contribution in [0.4, 0.5) is 4.79 Å². The number of amides is 2. The number of aliphatic carboxylic acids is 1. The molecule has 1 saturated heterocycles. The van der Waals surface area contributed by atoms with E-state index < -0.39 is 11.4 Å². The van der Waals surface area contributed by atoms with Crippen molar-refractivity contribution in [2.24, 2.45) is 11.3 Å². The lowest BCUT2D eigenvalue weighted by molar-refractivity contribution is -0.150. The molecule has 0 aromatic carbocycles. The van der Waals surface area contributed by atoms with Crippen molar-refractivity contribution in [2.45, 2.75) is 33.6 Å². The van der Waals surface area contributed by atoms with Gasteiger partial charge in [-0.3, -0.25) is 4.79 Å². The van der Waals surface area contributed by atoms with Crippen LogP contribution < -0.4 is 0 Å². The van der Waals surface area contributed by atoms with E-state index in [1.807, 2.05) is 20.8 Å². The number of carbonyl (C=O) groups is 2. The van der Waals surface area contributed by atoms with Gasteiger partial charge in [0.25, 0.3) is 0 Å². The van der Waals surface area contributed by atoms with Crippen LogP contribution in [0.1, 0.15) is 33.6 Å². The van der Waals surface area contributed by atoms with E-state index in [1.54, 1.807) is 16.8 Å². The van der Waals surface area contributed by atoms with E-state index in [9.17, 15) is 14.7 Å². The Morgan fingerprint density at radius 1 is 1.44 bits per heavy atom. The maximum absolute atomic E-state index is 12.1. The number of carbonyl (C=O) groups excluding carboxylic acids is 1. The Kier molecular flexibility index (Phi) is 4.59. The van der Waals surface area contributed by atoms with Gasteiger partial charge in [0.1, 0.15) is 0 Å². The van der Waals surface area contributed by atoms with E-state index in [2.05, 4.69) is 0 Å². The van der Waals surface area contributed by atoms with Gasteiger partial charge in [-0.05, 0) is 18.8 Å². The van der Waals surface area contributed by atoms with Gasteiger partial charge in [-0.15, -0.1) is 0 Å². The van der Waals surface area contributed by atoms with Crippen LogP contribution in [-0.4, -0.2) is 53.6 Å². The third-order valence-electron chi connectivity index (χ3n) is 3.99. The Morgan fingerprint density at radius 2 is 2.06 bits per heavy atom. The average Bonchev–Trinajstić information content (AvgIpc) is 2.74. The highest BCUT2D eigenvalue weighted by Gasteiger charge is 2.48. The van der Waals surface area contributed by atoms with Crippen LogP contribution in [0.25, 0.3) is 0 Å². The second kappa shape index (κ2) is 5.59. The van der Waals surface area contributed by atoms with Gasteiger partial charge in [-0.1, -0.05) is 20.8 Å². The third-order valence-corrected chi connectivity index (χ3v) is 3.99. The summed E-state index contributed by atoms with van der Waals surface area (Å²) in [6.07, 6.45) is 1.45. The quantitative estimate of drug-likeness (QED) is 0.835. The van der Waals surface area contributed by atoms with Crippen molar-refractivity contribution < 1.29 is 14.7 Å². The third kappa shape index (κ3) is 2.60. The first kappa shape index (κ1) is 14.8. The van der Waals surface area contributed by atoms with Crippen molar-refractivity contribution in [3.8, 4) is 0 Å². The molecule has 0 spiro atoms. The normalized spacial score (nSPS) is 23.5. The van der Waals surface area contributed by atoms with Crippen molar-refractivity contribution in [3.05, 3.63) is 0 Å². The summed E-state index contributed by atoms with van der Waals surface area (Å²) >= 11 is 0. The minimum Gasteiger partial charge on any atom is -0.481 e. The van der Waals surface area contributed by atoms with Crippen LogP contribution in [-0.2, 0) is 4.79 Å². The molecule has 0 aromatic heterocycles. The summed E-state index contributed by atoms with van der Waals surface area (Å²) < 4.78 is 0. The van der Waals surface area contributed by atoms with E-state index in [1.165, 1.54) is 0 Å². The first-order valence-electron chi connectivity index (χ1n) is 6.58. The van der Waals surface area contributed by atoms with Crippen molar-refractivity contribution in [2.75, 3.05) is 26.7 Å². The van der Waals surface area contributed by atoms with Crippen molar-refractivity contribution in [1.29, 1.82) is 0 Å². The van der Waals surface area contributed by atoms with Crippen LogP contribution in [0.3, 0.4) is 0 Å². The fraction of sp³-hybridized carbons (Fsp3) is 0.846. The zero-order valence-electron chi connectivity index (χ0n) is 11.8. The van der Waals surface area contributed by atoms with E-state index in [4.69, 9.17) is 0 Å². The van der Waals surface area contributed by atoms with Crippen LogP contribution in [0.5, 0.6) is 0 Å². The number of rotatable bonds is 4. The molecule has 0 aliphatic carbocycles. The number of nitrogens with zero attached hydrogens (tertiary/aromatic N) is 2. The maximum Gasteiger partial charge on any atom is 0.319 e. The monoisotopic (exact) mass is 256 g/mol. The molecule has 104 valence electrons. The average molecular weight is 256 g/mol. The minimum absolute atomic E-state index is 0.0317. The fourth-order valence-corrected chi connectivity index (χ4v) is 2.56. The summed E-state index contributed by atoms with van der Waals surface area (Å²) in [6.45, 7) is 7.42. The molecule has 1 heterocycles. The molecule has 2 amide bonds. The predicted molar refractivity (Wildman–Crippen MR) is 69.4 cm³/mol. The maximum atomic E-state index is 12.1. The first-order chi connectivity index (χ1) is 8.35. The lowest BCUT2D eigenvalue weighted by Gasteiger charge is -2.30. The Hall–Kier alpha value is -1.26. The molecule has 0 bridgehead atoms. The minimum atomic E-state index is -0.786. The lowest BCUT2D eigenvalue weighted by atomic mass is 9.76. The Bertz CT molecular complexity index is 330. The summed E-state index contributed by atoms with van der Waals surface area (Å²) in [7, 11) is 1.77. The van der Waals surface area contributed by atoms with Crippen LogP contribution in [0, 0.1) is 11.3 Å². The Morgan fingerprint density at radius 3 is 2.44 bits per heavy atom. The smallest absolute Gasteiger partial charge is 0.319 e. The van der Waals surface area contributed by atoms with Crippen LogP contribution in [0.2, 0.25) is 0 Å². The first-order valence-corrected chi connectivity index (χ1v) is 6.58. The summed E-state index contributed by atoms with van der Waals surface area (Å²) in [4.78, 5) is 26.9. The lowest BCUT2D eigenvalue weighted by Crippen LogP contribution is -2.44.